The Hall–Kier alpha value is -8.92. The van der Waals surface area contributed by atoms with Crippen LogP contribution in [0.4, 0.5) is 10.1 Å². The van der Waals surface area contributed by atoms with Gasteiger partial charge in [0.15, 0.2) is 0 Å². The third-order valence-corrected chi connectivity index (χ3v) is 25.1. The Morgan fingerprint density at radius 1 is 0.302 bits per heavy atom. The molecule has 0 heterocycles. The molecule has 0 aliphatic carbocycles. The maximum Gasteiger partial charge on any atom is 0.273 e. The van der Waals surface area contributed by atoms with Gasteiger partial charge in [-0.3, -0.25) is 10.1 Å². The van der Waals surface area contributed by atoms with E-state index < -0.39 is 42.4 Å². The molecule has 476 valence electrons. The van der Waals surface area contributed by atoms with E-state index in [1.807, 2.05) is 6.92 Å². The van der Waals surface area contributed by atoms with Gasteiger partial charge in [0.05, 0.1) is 4.92 Å². The number of rotatable bonds is 15. The fourth-order valence-corrected chi connectivity index (χ4v) is 20.0. The molecule has 0 aromatic heterocycles. The minimum atomic E-state index is -0.494. The molecule has 0 saturated heterocycles. The number of benzene rings is 14. The second kappa shape index (κ2) is 38.6. The fraction of sp³-hybridized carbons (Fsp3) is 0.0233. The van der Waals surface area contributed by atoms with E-state index in [-0.39, 0.29) is 26.1 Å². The summed E-state index contributed by atoms with van der Waals surface area (Å²) in [5.74, 6) is -0.494. The van der Waals surface area contributed by atoms with E-state index in [9.17, 15) is 14.5 Å². The number of nitro groups is 1. The van der Waals surface area contributed by atoms with Crippen LogP contribution in [0.15, 0.2) is 400 Å². The van der Waals surface area contributed by atoms with Crippen molar-refractivity contribution in [3.05, 3.63) is 427 Å². The van der Waals surface area contributed by atoms with Crippen LogP contribution in [0.2, 0.25) is 5.02 Å². The Morgan fingerprint density at radius 2 is 0.500 bits per heavy atom. The van der Waals surface area contributed by atoms with Gasteiger partial charge < -0.3 is 0 Å². The number of halogens is 2. The van der Waals surface area contributed by atoms with Crippen molar-refractivity contribution in [1.29, 1.82) is 0 Å². The number of nitrogens with zero attached hydrogens (tertiary/aromatic N) is 1. The number of nitro benzene ring substituents is 1. The van der Waals surface area contributed by atoms with Crippen molar-refractivity contribution >= 4 is 113 Å². The van der Waals surface area contributed by atoms with Gasteiger partial charge in [0, 0.05) is 42.6 Å². The van der Waals surface area contributed by atoms with Crippen molar-refractivity contribution in [1.82, 2.24) is 0 Å². The van der Waals surface area contributed by atoms with Gasteiger partial charge in [0.2, 0.25) is 0 Å². The zero-order valence-electron chi connectivity index (χ0n) is 52.9. The largest absolute Gasteiger partial charge is 0.273 e. The van der Waals surface area contributed by atoms with E-state index in [0.717, 1.165) is 0 Å². The van der Waals surface area contributed by atoms with Gasteiger partial charge in [0.25, 0.3) is 5.69 Å². The Kier molecular flexibility index (Phi) is 28.7. The third-order valence-electron chi connectivity index (χ3n) is 15.1. The van der Waals surface area contributed by atoms with Crippen LogP contribution in [0.3, 0.4) is 0 Å². The van der Waals surface area contributed by atoms with Crippen LogP contribution in [0.25, 0.3) is 11.1 Å². The van der Waals surface area contributed by atoms with Crippen molar-refractivity contribution < 1.29 is 29.7 Å². The molecule has 3 nitrogen and oxygen atoms in total. The van der Waals surface area contributed by atoms with E-state index in [2.05, 4.69) is 364 Å². The van der Waals surface area contributed by atoms with E-state index in [0.29, 0.717) is 28.1 Å². The van der Waals surface area contributed by atoms with Crippen LogP contribution in [0, 0.1) is 15.9 Å². The zero-order valence-corrected chi connectivity index (χ0v) is 58.8. The summed E-state index contributed by atoms with van der Waals surface area (Å²) < 4.78 is 13.8. The summed E-state index contributed by atoms with van der Waals surface area (Å²) in [4.78, 5) is 10.5. The van der Waals surface area contributed by atoms with Crippen molar-refractivity contribution in [3.63, 3.8) is 0 Å². The SMILES string of the molecule is CCc1ccc(-c2ccc(Cl)cc2F)cc1[N+](=O)[O-].[Pd].c1ccc(P(c2ccccc2)c2ccccc2)cc1.c1ccc(P(c2ccccc2)c2ccccc2)cc1.c1ccc(P(c2ccccc2)c2ccccc2)cc1.c1ccc(P(c2ccccc2)c2ccccc2)cc1. The molecule has 0 radical (unpaired) electrons. The zero-order chi connectivity index (χ0) is 65.7. The predicted molar refractivity (Wildman–Crippen MR) is 413 cm³/mol. The molecule has 0 amide bonds. The molecule has 0 N–H and O–H groups in total. The Morgan fingerprint density at radius 3 is 0.667 bits per heavy atom. The normalized spacial score (nSPS) is 10.4. The van der Waals surface area contributed by atoms with Crippen LogP contribution < -0.4 is 63.7 Å². The van der Waals surface area contributed by atoms with Gasteiger partial charge in [-0.2, -0.15) is 0 Å². The molecule has 96 heavy (non-hydrogen) atoms. The monoisotopic (exact) mass is 1430 g/mol. The standard InChI is InChI=1S/4C18H15P.C14H11ClFNO2.Pd/c4*1-4-10-16(11-5-1)19(17-12-6-2-7-13-17)18-14-8-3-9-15-18;1-2-9-3-4-10(7-14(9)17(18)19)12-6-5-11(15)8-13(12)16;/h4*1-15H;3-8H,2H2,1H3;. The molecule has 0 atom stereocenters. The summed E-state index contributed by atoms with van der Waals surface area (Å²) in [5, 5.41) is 28.1. The number of hydrogen-bond donors (Lipinski definition) is 0. The van der Waals surface area contributed by atoms with Crippen LogP contribution in [0.1, 0.15) is 12.5 Å². The van der Waals surface area contributed by atoms with Gasteiger partial charge >= 0.3 is 0 Å². The molecular weight excluding hydrogens is 1360 g/mol. The van der Waals surface area contributed by atoms with Crippen LogP contribution in [-0.4, -0.2) is 4.92 Å². The molecule has 0 fully saturated rings. The van der Waals surface area contributed by atoms with Gasteiger partial charge in [-0.25, -0.2) is 4.39 Å². The minimum Gasteiger partial charge on any atom is -0.258 e. The molecule has 10 heteroatoms. The van der Waals surface area contributed by atoms with Crippen molar-refractivity contribution in [2.45, 2.75) is 13.3 Å². The summed E-state index contributed by atoms with van der Waals surface area (Å²) in [6.45, 7) is 1.84. The van der Waals surface area contributed by atoms with Gasteiger partial charge in [-0.05, 0) is 126 Å². The average molecular weight is 1440 g/mol. The maximum absolute atomic E-state index is 13.8. The molecule has 14 aromatic rings. The molecule has 0 bridgehead atoms. The quantitative estimate of drug-likeness (QED) is 0.0444. The first-order valence-corrected chi connectivity index (χ1v) is 37.1. The first kappa shape index (κ1) is 71.4. The average Bonchev–Trinajstić information content (AvgIpc) is 0.932. The molecule has 14 rings (SSSR count). The maximum atomic E-state index is 13.8. The summed E-state index contributed by atoms with van der Waals surface area (Å²) in [6, 6.07) is 138. The topological polar surface area (TPSA) is 43.1 Å². The van der Waals surface area contributed by atoms with Gasteiger partial charge in [-0.15, -0.1) is 0 Å². The first-order valence-electron chi connectivity index (χ1n) is 31.4. The second-order valence-electron chi connectivity index (χ2n) is 21.4. The fourth-order valence-electron chi connectivity index (χ4n) is 10.6. The van der Waals surface area contributed by atoms with Gasteiger partial charge in [-0.1, -0.05) is 395 Å². The van der Waals surface area contributed by atoms with E-state index in [1.165, 1.54) is 81.9 Å². The second-order valence-corrected chi connectivity index (χ2v) is 30.8. The summed E-state index contributed by atoms with van der Waals surface area (Å²) in [6.07, 6.45) is 0.555. The molecular formula is C86H71ClFNO2P4Pd. The van der Waals surface area contributed by atoms with Crippen LogP contribution in [0.5, 0.6) is 0 Å². The molecule has 0 spiro atoms. The van der Waals surface area contributed by atoms with Crippen molar-refractivity contribution in [2.75, 3.05) is 0 Å². The third kappa shape index (κ3) is 20.6. The van der Waals surface area contributed by atoms with Crippen molar-refractivity contribution in [2.24, 2.45) is 0 Å². The smallest absolute Gasteiger partial charge is 0.258 e. The Balaban J connectivity index is 0.000000140. The molecule has 0 unspecified atom stereocenters. The summed E-state index contributed by atoms with van der Waals surface area (Å²) in [5.41, 5.74) is 1.41. The summed E-state index contributed by atoms with van der Waals surface area (Å²) in [7, 11) is -1.78. The van der Waals surface area contributed by atoms with E-state index in [4.69, 9.17) is 11.6 Å². The van der Waals surface area contributed by atoms with Crippen LogP contribution in [-0.2, 0) is 26.8 Å². The minimum absolute atomic E-state index is 0. The predicted octanol–water partition coefficient (Wildman–Crippen LogP) is 18.4. The van der Waals surface area contributed by atoms with E-state index >= 15 is 0 Å². The first-order chi connectivity index (χ1) is 46.8. The number of hydrogen-bond acceptors (Lipinski definition) is 2. The van der Waals surface area contributed by atoms with Crippen molar-refractivity contribution in [3.8, 4) is 11.1 Å². The molecule has 0 aliphatic rings. The Bertz CT molecular complexity index is 3650. The van der Waals surface area contributed by atoms with Crippen LogP contribution >= 0.6 is 43.3 Å². The van der Waals surface area contributed by atoms with E-state index in [1.54, 1.807) is 18.2 Å². The Labute approximate surface area is 589 Å². The molecule has 0 aliphatic heterocycles. The molecule has 14 aromatic carbocycles. The molecule has 0 saturated carbocycles. The number of aryl methyl sites for hydroxylation is 1. The van der Waals surface area contributed by atoms with Gasteiger partial charge in [0.1, 0.15) is 5.82 Å². The summed E-state index contributed by atoms with van der Waals surface area (Å²) >= 11 is 5.69.